The van der Waals surface area contributed by atoms with Crippen LogP contribution in [-0.4, -0.2) is 34.0 Å². The summed E-state index contributed by atoms with van der Waals surface area (Å²) in [6.45, 7) is 2.49. The summed E-state index contributed by atoms with van der Waals surface area (Å²) in [5.74, 6) is -1.31. The van der Waals surface area contributed by atoms with E-state index in [4.69, 9.17) is 5.11 Å². The fourth-order valence-electron chi connectivity index (χ4n) is 2.80. The molecular formula is C11H17NO3. The van der Waals surface area contributed by atoms with Gasteiger partial charge < -0.3 is 10.0 Å². The highest BCUT2D eigenvalue weighted by molar-refractivity contribution is 5.86. The Bertz CT molecular complexity index is 294. The predicted octanol–water partition coefficient (Wildman–Crippen LogP) is 1.25. The minimum absolute atomic E-state index is 0.0202. The maximum atomic E-state index is 11.7. The summed E-state index contributed by atoms with van der Waals surface area (Å²) in [5.41, 5.74) is -0.0682. The number of hydrogen-bond donors (Lipinski definition) is 1. The molecule has 1 atom stereocenters. The summed E-state index contributed by atoms with van der Waals surface area (Å²) in [7, 11) is 0. The molecule has 1 saturated heterocycles. The van der Waals surface area contributed by atoms with E-state index in [1.807, 2.05) is 0 Å². The summed E-state index contributed by atoms with van der Waals surface area (Å²) in [5, 5.41) is 8.90. The maximum Gasteiger partial charge on any atom is 0.308 e. The van der Waals surface area contributed by atoms with Crippen LogP contribution in [0, 0.1) is 5.92 Å². The Morgan fingerprint density at radius 2 is 2.07 bits per heavy atom. The molecule has 2 fully saturated rings. The quantitative estimate of drug-likeness (QED) is 0.748. The molecule has 1 aliphatic heterocycles. The highest BCUT2D eigenvalue weighted by Gasteiger charge is 2.44. The number of aliphatic carboxylic acids is 1. The van der Waals surface area contributed by atoms with Crippen LogP contribution >= 0.6 is 0 Å². The molecule has 15 heavy (non-hydrogen) atoms. The lowest BCUT2D eigenvalue weighted by Crippen LogP contribution is -2.45. The molecule has 0 radical (unpaired) electrons. The van der Waals surface area contributed by atoms with E-state index in [2.05, 4.69) is 6.92 Å². The second-order valence-corrected chi connectivity index (χ2v) is 4.95. The molecule has 1 heterocycles. The minimum Gasteiger partial charge on any atom is -0.481 e. The fourth-order valence-corrected chi connectivity index (χ4v) is 2.80. The van der Waals surface area contributed by atoms with Gasteiger partial charge in [0.1, 0.15) is 0 Å². The summed E-state index contributed by atoms with van der Waals surface area (Å²) in [6.07, 6.45) is 4.52. The van der Waals surface area contributed by atoms with Gasteiger partial charge in [-0.1, -0.05) is 12.8 Å². The summed E-state index contributed by atoms with van der Waals surface area (Å²) in [6, 6.07) is 0. The van der Waals surface area contributed by atoms with Crippen molar-refractivity contribution in [3.63, 3.8) is 0 Å². The van der Waals surface area contributed by atoms with Crippen molar-refractivity contribution in [1.82, 2.24) is 4.90 Å². The molecular weight excluding hydrogens is 194 g/mol. The number of likely N-dealkylation sites (tertiary alicyclic amines) is 1. The van der Waals surface area contributed by atoms with Crippen LogP contribution in [0.1, 0.15) is 39.0 Å². The zero-order chi connectivity index (χ0) is 11.1. The van der Waals surface area contributed by atoms with E-state index >= 15 is 0 Å². The van der Waals surface area contributed by atoms with E-state index in [0.717, 1.165) is 25.7 Å². The second kappa shape index (κ2) is 3.51. The van der Waals surface area contributed by atoms with Gasteiger partial charge in [-0.3, -0.25) is 9.59 Å². The number of nitrogens with zero attached hydrogens (tertiary/aromatic N) is 1. The van der Waals surface area contributed by atoms with Gasteiger partial charge in [0.2, 0.25) is 5.91 Å². The summed E-state index contributed by atoms with van der Waals surface area (Å²) in [4.78, 5) is 24.4. The number of hydrogen-bond acceptors (Lipinski definition) is 2. The highest BCUT2D eigenvalue weighted by Crippen LogP contribution is 2.38. The summed E-state index contributed by atoms with van der Waals surface area (Å²) < 4.78 is 0. The third-order valence-electron chi connectivity index (χ3n) is 3.81. The minimum atomic E-state index is -0.840. The average molecular weight is 211 g/mol. The van der Waals surface area contributed by atoms with Crippen molar-refractivity contribution in [2.45, 2.75) is 44.6 Å². The molecule has 1 saturated carbocycles. The lowest BCUT2D eigenvalue weighted by atomic mass is 9.98. The molecule has 84 valence electrons. The number of carbonyl (C=O) groups excluding carboxylic acids is 1. The third-order valence-corrected chi connectivity index (χ3v) is 3.81. The standard InChI is InChI=1S/C11H17NO3/c1-11(4-2-3-5-11)12-7-8(10(14)15)6-9(12)13/h8H,2-7H2,1H3,(H,14,15). The van der Waals surface area contributed by atoms with Gasteiger partial charge in [0, 0.05) is 18.5 Å². The monoisotopic (exact) mass is 211 g/mol. The first kappa shape index (κ1) is 10.5. The van der Waals surface area contributed by atoms with E-state index in [-0.39, 0.29) is 17.9 Å². The smallest absolute Gasteiger partial charge is 0.308 e. The van der Waals surface area contributed by atoms with E-state index < -0.39 is 11.9 Å². The van der Waals surface area contributed by atoms with Crippen molar-refractivity contribution in [2.24, 2.45) is 5.92 Å². The van der Waals surface area contributed by atoms with Crippen LogP contribution in [-0.2, 0) is 9.59 Å². The van der Waals surface area contributed by atoms with Crippen LogP contribution in [0.4, 0.5) is 0 Å². The van der Waals surface area contributed by atoms with Crippen LogP contribution in [0.15, 0.2) is 0 Å². The maximum absolute atomic E-state index is 11.7. The molecule has 1 N–H and O–H groups in total. The lowest BCUT2D eigenvalue weighted by Gasteiger charge is -2.35. The van der Waals surface area contributed by atoms with Crippen LogP contribution < -0.4 is 0 Å². The Kier molecular flexibility index (Phi) is 2.44. The van der Waals surface area contributed by atoms with Crippen LogP contribution in [0.2, 0.25) is 0 Å². The first-order valence-electron chi connectivity index (χ1n) is 5.56. The lowest BCUT2D eigenvalue weighted by molar-refractivity contribution is -0.141. The Morgan fingerprint density at radius 1 is 1.47 bits per heavy atom. The highest BCUT2D eigenvalue weighted by atomic mass is 16.4. The molecule has 0 aromatic heterocycles. The van der Waals surface area contributed by atoms with Gasteiger partial charge in [0.25, 0.3) is 0 Å². The summed E-state index contributed by atoms with van der Waals surface area (Å²) >= 11 is 0. The van der Waals surface area contributed by atoms with Gasteiger partial charge in [-0.05, 0) is 19.8 Å². The van der Waals surface area contributed by atoms with Gasteiger partial charge in [-0.15, -0.1) is 0 Å². The Hall–Kier alpha value is -1.06. The molecule has 4 heteroatoms. The zero-order valence-corrected chi connectivity index (χ0v) is 9.03. The van der Waals surface area contributed by atoms with Gasteiger partial charge in [-0.25, -0.2) is 0 Å². The van der Waals surface area contributed by atoms with Crippen molar-refractivity contribution in [3.8, 4) is 0 Å². The molecule has 1 aliphatic carbocycles. The number of rotatable bonds is 2. The number of carboxylic acid groups (broad SMARTS) is 1. The SMILES string of the molecule is CC1(N2CC(C(=O)O)CC2=O)CCCC1. The molecule has 4 nitrogen and oxygen atoms in total. The van der Waals surface area contributed by atoms with Crippen LogP contribution in [0.5, 0.6) is 0 Å². The van der Waals surface area contributed by atoms with E-state index in [9.17, 15) is 9.59 Å². The molecule has 0 bridgehead atoms. The Morgan fingerprint density at radius 3 is 2.53 bits per heavy atom. The van der Waals surface area contributed by atoms with Crippen molar-refractivity contribution < 1.29 is 14.7 Å². The van der Waals surface area contributed by atoms with Gasteiger partial charge in [0.05, 0.1) is 5.92 Å². The van der Waals surface area contributed by atoms with E-state index in [1.54, 1.807) is 4.90 Å². The zero-order valence-electron chi connectivity index (χ0n) is 9.03. The third kappa shape index (κ3) is 1.73. The topological polar surface area (TPSA) is 57.6 Å². The predicted molar refractivity (Wildman–Crippen MR) is 54.3 cm³/mol. The van der Waals surface area contributed by atoms with Crippen LogP contribution in [0.25, 0.3) is 0 Å². The van der Waals surface area contributed by atoms with Crippen molar-refractivity contribution in [2.75, 3.05) is 6.54 Å². The molecule has 0 spiro atoms. The van der Waals surface area contributed by atoms with Crippen LogP contribution in [0.3, 0.4) is 0 Å². The molecule has 2 aliphatic rings. The van der Waals surface area contributed by atoms with Gasteiger partial charge in [-0.2, -0.15) is 0 Å². The van der Waals surface area contributed by atoms with Gasteiger partial charge >= 0.3 is 5.97 Å². The molecule has 1 unspecified atom stereocenters. The number of carboxylic acids is 1. The molecule has 1 amide bonds. The van der Waals surface area contributed by atoms with E-state index in [0.29, 0.717) is 6.54 Å². The van der Waals surface area contributed by atoms with Crippen molar-refractivity contribution >= 4 is 11.9 Å². The second-order valence-electron chi connectivity index (χ2n) is 4.95. The Labute approximate surface area is 89.3 Å². The van der Waals surface area contributed by atoms with E-state index in [1.165, 1.54) is 0 Å². The molecule has 0 aromatic carbocycles. The first-order chi connectivity index (χ1) is 7.03. The average Bonchev–Trinajstić information content (AvgIpc) is 2.73. The largest absolute Gasteiger partial charge is 0.481 e. The number of carbonyl (C=O) groups is 2. The molecule has 2 rings (SSSR count). The normalized spacial score (nSPS) is 29.8. The number of amides is 1. The Balaban J connectivity index is 2.11. The fraction of sp³-hybridized carbons (Fsp3) is 0.818. The first-order valence-corrected chi connectivity index (χ1v) is 5.56. The van der Waals surface area contributed by atoms with Crippen molar-refractivity contribution in [1.29, 1.82) is 0 Å². The van der Waals surface area contributed by atoms with Gasteiger partial charge in [0.15, 0.2) is 0 Å². The van der Waals surface area contributed by atoms with Crippen molar-refractivity contribution in [3.05, 3.63) is 0 Å². The molecule has 0 aromatic rings.